The fourth-order valence-electron chi connectivity index (χ4n) is 2.79. The highest BCUT2D eigenvalue weighted by atomic mass is 16.3. The molecule has 3 rings (SSSR count). The van der Waals surface area contributed by atoms with Crippen LogP contribution in [-0.2, 0) is 0 Å². The molecule has 1 aromatic carbocycles. The highest BCUT2D eigenvalue weighted by molar-refractivity contribution is 6.05. The van der Waals surface area contributed by atoms with Crippen molar-refractivity contribution in [2.75, 3.05) is 18.4 Å². The molecule has 5 nitrogen and oxygen atoms in total. The second kappa shape index (κ2) is 6.69. The summed E-state index contributed by atoms with van der Waals surface area (Å²) in [4.78, 5) is 26.4. The third-order valence-corrected chi connectivity index (χ3v) is 4.14. The molecule has 1 saturated heterocycles. The molecule has 0 atom stereocenters. The molecule has 2 amide bonds. The largest absolute Gasteiger partial charge is 0.469 e. The van der Waals surface area contributed by atoms with Crippen LogP contribution in [0, 0.1) is 6.92 Å². The van der Waals surface area contributed by atoms with Crippen molar-refractivity contribution in [1.29, 1.82) is 0 Å². The predicted octanol–water partition coefficient (Wildman–Crippen LogP) is 3.47. The number of hydrogen-bond acceptors (Lipinski definition) is 3. The molecule has 0 bridgehead atoms. The molecule has 0 radical (unpaired) electrons. The highest BCUT2D eigenvalue weighted by Gasteiger charge is 2.18. The van der Waals surface area contributed by atoms with E-state index in [0.29, 0.717) is 22.6 Å². The number of benzene rings is 1. The van der Waals surface area contributed by atoms with Crippen LogP contribution < -0.4 is 5.32 Å². The van der Waals surface area contributed by atoms with Crippen LogP contribution >= 0.6 is 0 Å². The molecule has 2 aromatic rings. The van der Waals surface area contributed by atoms with E-state index in [1.54, 1.807) is 37.3 Å². The van der Waals surface area contributed by atoms with Crippen LogP contribution in [0.15, 0.2) is 41.0 Å². The Morgan fingerprint density at radius 3 is 2.35 bits per heavy atom. The number of nitrogens with zero attached hydrogens (tertiary/aromatic N) is 1. The molecule has 23 heavy (non-hydrogen) atoms. The predicted molar refractivity (Wildman–Crippen MR) is 87.6 cm³/mol. The first-order valence-corrected chi connectivity index (χ1v) is 7.90. The smallest absolute Gasteiger partial charge is 0.259 e. The van der Waals surface area contributed by atoms with Crippen LogP contribution in [0.2, 0.25) is 0 Å². The van der Waals surface area contributed by atoms with E-state index >= 15 is 0 Å². The van der Waals surface area contributed by atoms with Gasteiger partial charge in [-0.1, -0.05) is 0 Å². The molecule has 120 valence electrons. The molecule has 1 N–H and O–H groups in total. The molecular weight excluding hydrogens is 292 g/mol. The van der Waals surface area contributed by atoms with Crippen molar-refractivity contribution in [2.24, 2.45) is 0 Å². The topological polar surface area (TPSA) is 62.6 Å². The Morgan fingerprint density at radius 2 is 1.74 bits per heavy atom. The second-order valence-electron chi connectivity index (χ2n) is 5.77. The average molecular weight is 312 g/mol. The van der Waals surface area contributed by atoms with Gasteiger partial charge in [-0.25, -0.2) is 0 Å². The Balaban J connectivity index is 1.66. The van der Waals surface area contributed by atoms with Crippen LogP contribution in [0.25, 0.3) is 0 Å². The molecule has 2 heterocycles. The van der Waals surface area contributed by atoms with Gasteiger partial charge in [-0.3, -0.25) is 9.59 Å². The third-order valence-electron chi connectivity index (χ3n) is 4.14. The maximum absolute atomic E-state index is 12.4. The molecular formula is C18H20N2O3. The molecule has 0 aliphatic carbocycles. The molecule has 1 fully saturated rings. The van der Waals surface area contributed by atoms with Crippen molar-refractivity contribution >= 4 is 17.5 Å². The minimum absolute atomic E-state index is 0.0632. The Labute approximate surface area is 135 Å². The van der Waals surface area contributed by atoms with E-state index < -0.39 is 0 Å². The SMILES string of the molecule is Cc1occc1C(=O)Nc1ccc(C(=O)N2CCCCC2)cc1. The zero-order chi connectivity index (χ0) is 16.2. The molecule has 1 aromatic heterocycles. The van der Waals surface area contributed by atoms with Crippen LogP contribution in [0.4, 0.5) is 5.69 Å². The summed E-state index contributed by atoms with van der Waals surface area (Å²) in [5.41, 5.74) is 1.83. The van der Waals surface area contributed by atoms with E-state index in [-0.39, 0.29) is 11.8 Å². The summed E-state index contributed by atoms with van der Waals surface area (Å²) in [5, 5.41) is 2.81. The van der Waals surface area contributed by atoms with E-state index in [0.717, 1.165) is 25.9 Å². The number of furan rings is 1. The lowest BCUT2D eigenvalue weighted by molar-refractivity contribution is 0.0724. The lowest BCUT2D eigenvalue weighted by Gasteiger charge is -2.26. The van der Waals surface area contributed by atoms with Crippen molar-refractivity contribution in [3.05, 3.63) is 53.5 Å². The van der Waals surface area contributed by atoms with Crippen LogP contribution in [0.3, 0.4) is 0 Å². The van der Waals surface area contributed by atoms with E-state index in [2.05, 4.69) is 5.32 Å². The Hall–Kier alpha value is -2.56. The summed E-state index contributed by atoms with van der Waals surface area (Å²) >= 11 is 0. The monoisotopic (exact) mass is 312 g/mol. The zero-order valence-corrected chi connectivity index (χ0v) is 13.2. The first kappa shape index (κ1) is 15.3. The quantitative estimate of drug-likeness (QED) is 0.944. The van der Waals surface area contributed by atoms with Crippen molar-refractivity contribution < 1.29 is 14.0 Å². The fraction of sp³-hybridized carbons (Fsp3) is 0.333. The van der Waals surface area contributed by atoms with Crippen LogP contribution in [-0.4, -0.2) is 29.8 Å². The summed E-state index contributed by atoms with van der Waals surface area (Å²) in [5.74, 6) is 0.430. The zero-order valence-electron chi connectivity index (χ0n) is 13.2. The highest BCUT2D eigenvalue weighted by Crippen LogP contribution is 2.17. The van der Waals surface area contributed by atoms with Crippen molar-refractivity contribution in [3.63, 3.8) is 0 Å². The average Bonchev–Trinajstić information content (AvgIpc) is 3.02. The van der Waals surface area contributed by atoms with Crippen LogP contribution in [0.5, 0.6) is 0 Å². The van der Waals surface area contributed by atoms with Gasteiger partial charge in [0.05, 0.1) is 11.8 Å². The van der Waals surface area contributed by atoms with Crippen molar-refractivity contribution in [3.8, 4) is 0 Å². The number of likely N-dealkylation sites (tertiary alicyclic amines) is 1. The third kappa shape index (κ3) is 3.44. The number of aryl methyl sites for hydroxylation is 1. The number of piperidine rings is 1. The summed E-state index contributed by atoms with van der Waals surface area (Å²) < 4.78 is 5.13. The first-order valence-electron chi connectivity index (χ1n) is 7.90. The lowest BCUT2D eigenvalue weighted by Crippen LogP contribution is -2.35. The second-order valence-corrected chi connectivity index (χ2v) is 5.77. The van der Waals surface area contributed by atoms with Gasteiger partial charge < -0.3 is 14.6 Å². The van der Waals surface area contributed by atoms with Crippen LogP contribution in [0.1, 0.15) is 45.7 Å². The Kier molecular flexibility index (Phi) is 4.46. The molecule has 0 unspecified atom stereocenters. The maximum atomic E-state index is 12.4. The van der Waals surface area contributed by atoms with Gasteiger partial charge in [-0.2, -0.15) is 0 Å². The van der Waals surface area contributed by atoms with Gasteiger partial charge in [0.15, 0.2) is 0 Å². The van der Waals surface area contributed by atoms with E-state index in [1.807, 2.05) is 4.90 Å². The molecule has 1 aliphatic heterocycles. The summed E-state index contributed by atoms with van der Waals surface area (Å²) in [6.45, 7) is 3.41. The van der Waals surface area contributed by atoms with Gasteiger partial charge in [0.1, 0.15) is 5.76 Å². The Morgan fingerprint density at radius 1 is 1.04 bits per heavy atom. The van der Waals surface area contributed by atoms with Gasteiger partial charge in [0.25, 0.3) is 11.8 Å². The van der Waals surface area contributed by atoms with E-state index in [9.17, 15) is 9.59 Å². The maximum Gasteiger partial charge on any atom is 0.259 e. The fourth-order valence-corrected chi connectivity index (χ4v) is 2.79. The standard InChI is InChI=1S/C18H20N2O3/c1-13-16(9-12-23-13)17(21)19-15-7-5-14(6-8-15)18(22)20-10-3-2-4-11-20/h5-9,12H,2-4,10-11H2,1H3,(H,19,21). The lowest BCUT2D eigenvalue weighted by atomic mass is 10.1. The molecule has 5 heteroatoms. The van der Waals surface area contributed by atoms with Gasteiger partial charge in [-0.15, -0.1) is 0 Å². The molecule has 0 spiro atoms. The summed E-state index contributed by atoms with van der Waals surface area (Å²) in [7, 11) is 0. The van der Waals surface area contributed by atoms with E-state index in [1.165, 1.54) is 12.7 Å². The normalized spacial score (nSPS) is 14.6. The first-order chi connectivity index (χ1) is 11.1. The number of anilines is 1. The van der Waals surface area contributed by atoms with Gasteiger partial charge in [0.2, 0.25) is 0 Å². The van der Waals surface area contributed by atoms with E-state index in [4.69, 9.17) is 4.42 Å². The summed E-state index contributed by atoms with van der Waals surface area (Å²) in [6.07, 6.45) is 4.83. The molecule has 0 saturated carbocycles. The Bertz CT molecular complexity index is 697. The van der Waals surface area contributed by atoms with Gasteiger partial charge in [-0.05, 0) is 56.5 Å². The van der Waals surface area contributed by atoms with Crippen molar-refractivity contribution in [1.82, 2.24) is 4.90 Å². The van der Waals surface area contributed by atoms with Gasteiger partial charge in [0, 0.05) is 24.3 Å². The van der Waals surface area contributed by atoms with Crippen molar-refractivity contribution in [2.45, 2.75) is 26.2 Å². The number of amides is 2. The number of hydrogen-bond donors (Lipinski definition) is 1. The minimum Gasteiger partial charge on any atom is -0.469 e. The number of carbonyl (C=O) groups excluding carboxylic acids is 2. The minimum atomic E-state index is -0.216. The van der Waals surface area contributed by atoms with Gasteiger partial charge >= 0.3 is 0 Å². The number of carbonyl (C=O) groups is 2. The number of nitrogens with one attached hydrogen (secondary N) is 1. The summed E-state index contributed by atoms with van der Waals surface area (Å²) in [6, 6.07) is 8.66. The number of rotatable bonds is 3. The molecule has 1 aliphatic rings.